The van der Waals surface area contributed by atoms with Crippen LogP contribution < -0.4 is 0 Å². The molecule has 0 aliphatic heterocycles. The Balaban J connectivity index is 2.29. The van der Waals surface area contributed by atoms with Crippen LogP contribution in [0, 0.1) is 11.8 Å². The van der Waals surface area contributed by atoms with Crippen LogP contribution in [0.3, 0.4) is 0 Å². The van der Waals surface area contributed by atoms with Gasteiger partial charge in [-0.05, 0) is 44.2 Å². The van der Waals surface area contributed by atoms with Crippen LogP contribution in [-0.2, 0) is 0 Å². The maximum absolute atomic E-state index is 4.09. The minimum atomic E-state index is 0.574. The zero-order valence-electron chi connectivity index (χ0n) is 7.71. The molecule has 0 unspecified atom stereocenters. The van der Waals surface area contributed by atoms with Crippen molar-refractivity contribution in [1.82, 2.24) is 0 Å². The first-order chi connectivity index (χ1) is 5.24. The number of hydrogen-bond acceptors (Lipinski definition) is 1. The van der Waals surface area contributed by atoms with Gasteiger partial charge >= 0.3 is 0 Å². The molecule has 1 aliphatic rings. The van der Waals surface area contributed by atoms with E-state index < -0.39 is 0 Å². The molecule has 0 bridgehead atoms. The Hall–Kier alpha value is -0.330. The molecule has 0 aromatic heterocycles. The first-order valence-corrected chi connectivity index (χ1v) is 4.70. The fourth-order valence-electron chi connectivity index (χ4n) is 1.95. The van der Waals surface area contributed by atoms with E-state index in [-0.39, 0.29) is 0 Å². The minimum absolute atomic E-state index is 0.574. The lowest BCUT2D eigenvalue weighted by Gasteiger charge is -2.28. The van der Waals surface area contributed by atoms with Crippen LogP contribution >= 0.6 is 0 Å². The third-order valence-corrected chi connectivity index (χ3v) is 2.94. The van der Waals surface area contributed by atoms with E-state index >= 15 is 0 Å². The van der Waals surface area contributed by atoms with Gasteiger partial charge in [0, 0.05) is 6.04 Å². The van der Waals surface area contributed by atoms with E-state index in [1.807, 2.05) is 0 Å². The van der Waals surface area contributed by atoms with Crippen molar-refractivity contribution >= 4 is 6.72 Å². The molecular formula is C10H19N. The van der Waals surface area contributed by atoms with Gasteiger partial charge in [0.2, 0.25) is 0 Å². The molecule has 0 atom stereocenters. The predicted octanol–water partition coefficient (Wildman–Crippen LogP) is 2.90. The molecule has 0 aromatic carbocycles. The first-order valence-electron chi connectivity index (χ1n) is 4.70. The highest BCUT2D eigenvalue weighted by Gasteiger charge is 2.21. The Bertz CT molecular complexity index is 121. The summed E-state index contributed by atoms with van der Waals surface area (Å²) in [5.74, 6) is 1.81. The fourth-order valence-corrected chi connectivity index (χ4v) is 1.95. The quantitative estimate of drug-likeness (QED) is 0.541. The standard InChI is InChI=1S/C10H19N/c1-8(2)9-4-6-10(11-3)7-5-9/h8-10H,3-7H2,1-2H3/t9-,10-. The molecule has 0 saturated heterocycles. The Morgan fingerprint density at radius 2 is 1.73 bits per heavy atom. The van der Waals surface area contributed by atoms with Crippen molar-refractivity contribution in [3.8, 4) is 0 Å². The van der Waals surface area contributed by atoms with E-state index in [9.17, 15) is 0 Å². The second-order valence-electron chi connectivity index (χ2n) is 4.00. The predicted molar refractivity (Wildman–Crippen MR) is 50.1 cm³/mol. The van der Waals surface area contributed by atoms with Gasteiger partial charge in [0.05, 0.1) is 0 Å². The fraction of sp³-hybridized carbons (Fsp3) is 0.900. The summed E-state index contributed by atoms with van der Waals surface area (Å²) >= 11 is 0. The highest BCUT2D eigenvalue weighted by Crippen LogP contribution is 2.30. The van der Waals surface area contributed by atoms with Crippen molar-refractivity contribution in [2.24, 2.45) is 16.8 Å². The van der Waals surface area contributed by atoms with Crippen LogP contribution in [0.1, 0.15) is 39.5 Å². The van der Waals surface area contributed by atoms with Gasteiger partial charge in [-0.25, -0.2) is 0 Å². The van der Waals surface area contributed by atoms with E-state index in [2.05, 4.69) is 25.6 Å². The van der Waals surface area contributed by atoms with E-state index in [0.717, 1.165) is 11.8 Å². The maximum atomic E-state index is 4.09. The molecule has 1 aliphatic carbocycles. The van der Waals surface area contributed by atoms with Crippen molar-refractivity contribution < 1.29 is 0 Å². The Morgan fingerprint density at radius 1 is 1.18 bits per heavy atom. The Kier molecular flexibility index (Phi) is 3.10. The first kappa shape index (κ1) is 8.76. The smallest absolute Gasteiger partial charge is 0.0492 e. The SMILES string of the molecule is C=N[C@H]1CC[C@H](C(C)C)CC1. The molecule has 1 nitrogen and oxygen atoms in total. The molecule has 0 N–H and O–H groups in total. The molecule has 11 heavy (non-hydrogen) atoms. The molecular weight excluding hydrogens is 134 g/mol. The van der Waals surface area contributed by atoms with Crippen molar-refractivity contribution in [3.05, 3.63) is 0 Å². The van der Waals surface area contributed by atoms with Gasteiger partial charge in [0.15, 0.2) is 0 Å². The largest absolute Gasteiger partial charge is 0.298 e. The second kappa shape index (κ2) is 3.89. The lowest BCUT2D eigenvalue weighted by atomic mass is 9.80. The highest BCUT2D eigenvalue weighted by atomic mass is 14.7. The summed E-state index contributed by atoms with van der Waals surface area (Å²) in [5, 5.41) is 0. The number of nitrogens with zero attached hydrogens (tertiary/aromatic N) is 1. The van der Waals surface area contributed by atoms with E-state index in [4.69, 9.17) is 0 Å². The minimum Gasteiger partial charge on any atom is -0.298 e. The molecule has 0 heterocycles. The molecule has 1 heteroatoms. The van der Waals surface area contributed by atoms with Gasteiger partial charge < -0.3 is 0 Å². The lowest BCUT2D eigenvalue weighted by molar-refractivity contribution is 0.261. The van der Waals surface area contributed by atoms with Crippen LogP contribution in [0.25, 0.3) is 0 Å². The Morgan fingerprint density at radius 3 is 2.09 bits per heavy atom. The van der Waals surface area contributed by atoms with Crippen LogP contribution in [0.2, 0.25) is 0 Å². The summed E-state index contributed by atoms with van der Waals surface area (Å²) in [6.07, 6.45) is 5.27. The van der Waals surface area contributed by atoms with Gasteiger partial charge in [-0.3, -0.25) is 4.99 Å². The highest BCUT2D eigenvalue weighted by molar-refractivity contribution is 5.24. The average molecular weight is 153 g/mol. The summed E-state index contributed by atoms with van der Waals surface area (Å²) < 4.78 is 0. The molecule has 1 fully saturated rings. The monoisotopic (exact) mass is 153 g/mol. The van der Waals surface area contributed by atoms with Crippen LogP contribution in [0.5, 0.6) is 0 Å². The molecule has 1 saturated carbocycles. The average Bonchev–Trinajstić information content (AvgIpc) is 2.05. The molecule has 0 amide bonds. The summed E-state index contributed by atoms with van der Waals surface area (Å²) in [7, 11) is 0. The summed E-state index contributed by atoms with van der Waals surface area (Å²) in [6.45, 7) is 8.26. The van der Waals surface area contributed by atoms with Crippen molar-refractivity contribution in [3.63, 3.8) is 0 Å². The number of aliphatic imine (C=N–C) groups is 1. The van der Waals surface area contributed by atoms with Gasteiger partial charge in [-0.2, -0.15) is 0 Å². The molecule has 64 valence electrons. The van der Waals surface area contributed by atoms with Gasteiger partial charge in [0.25, 0.3) is 0 Å². The molecule has 0 aromatic rings. The normalized spacial score (nSPS) is 32.3. The zero-order valence-corrected chi connectivity index (χ0v) is 7.71. The third kappa shape index (κ3) is 2.32. The van der Waals surface area contributed by atoms with E-state index in [1.54, 1.807) is 0 Å². The van der Waals surface area contributed by atoms with E-state index in [0.29, 0.717) is 6.04 Å². The molecule has 1 rings (SSSR count). The van der Waals surface area contributed by atoms with Gasteiger partial charge in [0.1, 0.15) is 0 Å². The summed E-state index contributed by atoms with van der Waals surface area (Å²) in [5.41, 5.74) is 0. The zero-order chi connectivity index (χ0) is 8.27. The van der Waals surface area contributed by atoms with E-state index in [1.165, 1.54) is 25.7 Å². The lowest BCUT2D eigenvalue weighted by Crippen LogP contribution is -2.20. The summed E-state index contributed by atoms with van der Waals surface area (Å²) in [4.78, 5) is 4.09. The second-order valence-corrected chi connectivity index (χ2v) is 4.00. The van der Waals surface area contributed by atoms with Crippen LogP contribution in [-0.4, -0.2) is 12.8 Å². The molecule has 0 spiro atoms. The molecule has 0 radical (unpaired) electrons. The number of rotatable bonds is 2. The van der Waals surface area contributed by atoms with Crippen molar-refractivity contribution in [2.75, 3.05) is 0 Å². The maximum Gasteiger partial charge on any atom is 0.0492 e. The third-order valence-electron chi connectivity index (χ3n) is 2.94. The van der Waals surface area contributed by atoms with Gasteiger partial charge in [-0.1, -0.05) is 13.8 Å². The van der Waals surface area contributed by atoms with Crippen LogP contribution in [0.15, 0.2) is 4.99 Å². The Labute approximate surface area is 69.9 Å². The van der Waals surface area contributed by atoms with Crippen LogP contribution in [0.4, 0.5) is 0 Å². The summed E-state index contributed by atoms with van der Waals surface area (Å²) in [6, 6.07) is 0.574. The number of hydrogen-bond donors (Lipinski definition) is 0. The topological polar surface area (TPSA) is 12.4 Å². The van der Waals surface area contributed by atoms with Crippen molar-refractivity contribution in [2.45, 2.75) is 45.6 Å². The van der Waals surface area contributed by atoms with Gasteiger partial charge in [-0.15, -0.1) is 0 Å². The van der Waals surface area contributed by atoms with Crippen molar-refractivity contribution in [1.29, 1.82) is 0 Å².